The van der Waals surface area contributed by atoms with Gasteiger partial charge in [0.05, 0.1) is 6.61 Å². The molecule has 3 unspecified atom stereocenters. The molecule has 0 bridgehead atoms. The minimum atomic E-state index is 0.685. The van der Waals surface area contributed by atoms with Crippen LogP contribution in [-0.4, -0.2) is 37.7 Å². The van der Waals surface area contributed by atoms with Gasteiger partial charge in [0.2, 0.25) is 0 Å². The largest absolute Gasteiger partial charge is 0.384 e. The maximum absolute atomic E-state index is 6.14. The Labute approximate surface area is 127 Å². The van der Waals surface area contributed by atoms with Crippen molar-refractivity contribution in [1.82, 2.24) is 4.90 Å². The van der Waals surface area contributed by atoms with Crippen molar-refractivity contribution in [3.05, 3.63) is 34.3 Å². The first-order chi connectivity index (χ1) is 9.67. The molecule has 1 aliphatic carbocycles. The SMILES string of the molecule is COCC1CN(C2CCc3ccc(Cl)cc3C2)CC1C. The van der Waals surface area contributed by atoms with Crippen molar-refractivity contribution in [3.63, 3.8) is 0 Å². The van der Waals surface area contributed by atoms with Gasteiger partial charge in [-0.25, -0.2) is 0 Å². The second kappa shape index (κ2) is 6.05. The van der Waals surface area contributed by atoms with Gasteiger partial charge in [-0.15, -0.1) is 0 Å². The van der Waals surface area contributed by atoms with Crippen LogP contribution in [0, 0.1) is 11.8 Å². The fraction of sp³-hybridized carbons (Fsp3) is 0.647. The molecule has 3 atom stereocenters. The number of halogens is 1. The van der Waals surface area contributed by atoms with E-state index < -0.39 is 0 Å². The quantitative estimate of drug-likeness (QED) is 0.847. The minimum absolute atomic E-state index is 0.685. The number of rotatable bonds is 3. The van der Waals surface area contributed by atoms with Crippen LogP contribution in [0.3, 0.4) is 0 Å². The monoisotopic (exact) mass is 293 g/mol. The normalized spacial score (nSPS) is 30.4. The summed E-state index contributed by atoms with van der Waals surface area (Å²) in [4.78, 5) is 2.68. The van der Waals surface area contributed by atoms with Crippen molar-refractivity contribution in [3.8, 4) is 0 Å². The fourth-order valence-corrected chi connectivity index (χ4v) is 4.02. The van der Waals surface area contributed by atoms with E-state index in [-0.39, 0.29) is 0 Å². The zero-order valence-electron chi connectivity index (χ0n) is 12.4. The second-order valence-corrected chi connectivity index (χ2v) is 6.89. The van der Waals surface area contributed by atoms with Crippen LogP contribution in [0.5, 0.6) is 0 Å². The number of aryl methyl sites for hydroxylation is 1. The summed E-state index contributed by atoms with van der Waals surface area (Å²) in [6.45, 7) is 5.66. The molecule has 2 aliphatic rings. The number of nitrogens with zero attached hydrogens (tertiary/aromatic N) is 1. The Morgan fingerprint density at radius 3 is 2.95 bits per heavy atom. The number of methoxy groups -OCH3 is 1. The van der Waals surface area contributed by atoms with Crippen molar-refractivity contribution in [2.75, 3.05) is 26.8 Å². The van der Waals surface area contributed by atoms with E-state index in [0.717, 1.165) is 24.0 Å². The minimum Gasteiger partial charge on any atom is -0.384 e. The summed E-state index contributed by atoms with van der Waals surface area (Å²) in [5.41, 5.74) is 2.95. The zero-order chi connectivity index (χ0) is 14.1. The predicted octanol–water partition coefficient (Wildman–Crippen LogP) is 3.41. The van der Waals surface area contributed by atoms with Crippen molar-refractivity contribution < 1.29 is 4.74 Å². The first kappa shape index (κ1) is 14.4. The Morgan fingerprint density at radius 2 is 2.15 bits per heavy atom. The first-order valence-corrected chi connectivity index (χ1v) is 8.05. The first-order valence-electron chi connectivity index (χ1n) is 7.67. The standard InChI is InChI=1S/C17H24ClNO/c1-12-9-19(10-15(12)11-20-2)17-6-4-13-3-5-16(18)7-14(13)8-17/h3,5,7,12,15,17H,4,6,8-11H2,1-2H3. The molecular weight excluding hydrogens is 270 g/mol. The third-order valence-electron chi connectivity index (χ3n) is 5.06. The van der Waals surface area contributed by atoms with E-state index in [0.29, 0.717) is 12.0 Å². The molecule has 3 rings (SSSR count). The van der Waals surface area contributed by atoms with Crippen molar-refractivity contribution >= 4 is 11.6 Å². The van der Waals surface area contributed by atoms with Crippen LogP contribution in [-0.2, 0) is 17.6 Å². The molecule has 0 radical (unpaired) electrons. The van der Waals surface area contributed by atoms with Gasteiger partial charge in [0.15, 0.2) is 0 Å². The third kappa shape index (κ3) is 2.88. The number of benzene rings is 1. The summed E-state index contributed by atoms with van der Waals surface area (Å²) in [7, 11) is 1.81. The molecule has 1 aromatic rings. The average Bonchev–Trinajstić information content (AvgIpc) is 2.80. The molecule has 20 heavy (non-hydrogen) atoms. The summed E-state index contributed by atoms with van der Waals surface area (Å²) < 4.78 is 5.36. The van der Waals surface area contributed by atoms with E-state index >= 15 is 0 Å². The lowest BCUT2D eigenvalue weighted by Crippen LogP contribution is -2.38. The maximum Gasteiger partial charge on any atom is 0.0505 e. The van der Waals surface area contributed by atoms with Gasteiger partial charge in [-0.1, -0.05) is 24.6 Å². The highest BCUT2D eigenvalue weighted by Gasteiger charge is 2.34. The van der Waals surface area contributed by atoms with Crippen LogP contribution < -0.4 is 0 Å². The van der Waals surface area contributed by atoms with Gasteiger partial charge in [-0.3, -0.25) is 4.90 Å². The Bertz CT molecular complexity index is 476. The molecule has 1 aromatic carbocycles. The van der Waals surface area contributed by atoms with Crippen LogP contribution in [0.1, 0.15) is 24.5 Å². The van der Waals surface area contributed by atoms with Crippen LogP contribution >= 0.6 is 11.6 Å². The zero-order valence-corrected chi connectivity index (χ0v) is 13.2. The highest BCUT2D eigenvalue weighted by Crippen LogP contribution is 2.32. The van der Waals surface area contributed by atoms with Crippen LogP contribution in [0.4, 0.5) is 0 Å². The van der Waals surface area contributed by atoms with E-state index in [1.54, 1.807) is 0 Å². The predicted molar refractivity (Wildman–Crippen MR) is 83.4 cm³/mol. The molecule has 0 amide bonds. The summed E-state index contributed by atoms with van der Waals surface area (Å²) >= 11 is 6.14. The molecule has 1 heterocycles. The number of hydrogen-bond donors (Lipinski definition) is 0. The van der Waals surface area contributed by atoms with Crippen LogP contribution in [0.25, 0.3) is 0 Å². The highest BCUT2D eigenvalue weighted by molar-refractivity contribution is 6.30. The fourth-order valence-electron chi connectivity index (χ4n) is 3.82. The Hall–Kier alpha value is -0.570. The molecule has 0 aromatic heterocycles. The van der Waals surface area contributed by atoms with E-state index in [2.05, 4.69) is 24.0 Å². The molecule has 2 nitrogen and oxygen atoms in total. The van der Waals surface area contributed by atoms with Gasteiger partial charge in [-0.2, -0.15) is 0 Å². The van der Waals surface area contributed by atoms with E-state index in [1.165, 1.54) is 37.1 Å². The summed E-state index contributed by atoms with van der Waals surface area (Å²) in [6.07, 6.45) is 3.63. The average molecular weight is 294 g/mol. The number of ether oxygens (including phenoxy) is 1. The number of likely N-dealkylation sites (tertiary alicyclic amines) is 1. The van der Waals surface area contributed by atoms with Crippen molar-refractivity contribution in [2.45, 2.75) is 32.2 Å². The molecule has 0 saturated carbocycles. The van der Waals surface area contributed by atoms with Crippen molar-refractivity contribution in [1.29, 1.82) is 0 Å². The summed E-state index contributed by atoms with van der Waals surface area (Å²) in [5.74, 6) is 1.44. The van der Waals surface area contributed by atoms with Crippen LogP contribution in [0.15, 0.2) is 18.2 Å². The third-order valence-corrected chi connectivity index (χ3v) is 5.30. The number of fused-ring (bicyclic) bond motifs is 1. The smallest absolute Gasteiger partial charge is 0.0505 e. The van der Waals surface area contributed by atoms with Crippen LogP contribution in [0.2, 0.25) is 5.02 Å². The van der Waals surface area contributed by atoms with Gasteiger partial charge in [0, 0.05) is 31.3 Å². The molecule has 1 saturated heterocycles. The Balaban J connectivity index is 1.68. The second-order valence-electron chi connectivity index (χ2n) is 6.46. The van der Waals surface area contributed by atoms with E-state index in [9.17, 15) is 0 Å². The molecular formula is C17H24ClNO. The lowest BCUT2D eigenvalue weighted by molar-refractivity contribution is 0.136. The topological polar surface area (TPSA) is 12.5 Å². The van der Waals surface area contributed by atoms with Gasteiger partial charge in [0.25, 0.3) is 0 Å². The summed E-state index contributed by atoms with van der Waals surface area (Å²) in [5, 5.41) is 0.872. The van der Waals surface area contributed by atoms with Gasteiger partial charge < -0.3 is 4.74 Å². The molecule has 110 valence electrons. The van der Waals surface area contributed by atoms with Crippen molar-refractivity contribution in [2.24, 2.45) is 11.8 Å². The molecule has 1 fully saturated rings. The van der Waals surface area contributed by atoms with E-state index in [4.69, 9.17) is 16.3 Å². The van der Waals surface area contributed by atoms with Gasteiger partial charge >= 0.3 is 0 Å². The van der Waals surface area contributed by atoms with Gasteiger partial charge in [-0.05, 0) is 54.4 Å². The molecule has 3 heteroatoms. The molecule has 0 spiro atoms. The molecule has 1 aliphatic heterocycles. The lowest BCUT2D eigenvalue weighted by atomic mass is 9.87. The number of hydrogen-bond acceptors (Lipinski definition) is 2. The lowest BCUT2D eigenvalue weighted by Gasteiger charge is -2.32. The highest BCUT2D eigenvalue weighted by atomic mass is 35.5. The van der Waals surface area contributed by atoms with Gasteiger partial charge in [0.1, 0.15) is 0 Å². The Kier molecular flexibility index (Phi) is 4.34. The van der Waals surface area contributed by atoms with E-state index in [1.807, 2.05) is 13.2 Å². The maximum atomic E-state index is 6.14. The summed E-state index contributed by atoms with van der Waals surface area (Å²) in [6, 6.07) is 7.07. The molecule has 0 N–H and O–H groups in total. The Morgan fingerprint density at radius 1 is 1.30 bits per heavy atom.